The third-order valence-electron chi connectivity index (χ3n) is 4.05. The lowest BCUT2D eigenvalue weighted by atomic mass is 10.0. The first-order valence-corrected chi connectivity index (χ1v) is 7.94. The normalized spacial score (nSPS) is 12.0. The Balaban J connectivity index is 1.83. The fraction of sp³-hybridized carbons (Fsp3) is 0.105. The second-order valence-electron chi connectivity index (χ2n) is 5.56. The van der Waals surface area contributed by atoms with E-state index in [4.69, 9.17) is 4.74 Å². The Bertz CT molecular complexity index is 969. The summed E-state index contributed by atoms with van der Waals surface area (Å²) in [5.74, 6) is 1.36. The number of ether oxygens (including phenoxy) is 1. The van der Waals surface area contributed by atoms with Crippen LogP contribution in [0.1, 0.15) is 17.3 Å². The summed E-state index contributed by atoms with van der Waals surface area (Å²) in [6.45, 7) is 0. The van der Waals surface area contributed by atoms with Crippen LogP contribution < -0.4 is 10.1 Å². The standard InChI is InChI=1S/C19H17N5O/c1-25-13-6-7-16-14(11-13)15(12-23-16)18(17-5-2-3-8-20-17)24-19-21-9-4-10-22-19/h2-12,18,23H,1H3,(H,21,22,24). The third-order valence-corrected chi connectivity index (χ3v) is 4.05. The maximum atomic E-state index is 5.38. The van der Waals surface area contributed by atoms with Gasteiger partial charge in [0.1, 0.15) is 5.75 Å². The molecule has 1 unspecified atom stereocenters. The summed E-state index contributed by atoms with van der Waals surface area (Å²) in [6.07, 6.45) is 7.19. The summed E-state index contributed by atoms with van der Waals surface area (Å²) < 4.78 is 5.38. The topological polar surface area (TPSA) is 75.7 Å². The number of rotatable bonds is 5. The van der Waals surface area contributed by atoms with Gasteiger partial charge < -0.3 is 15.0 Å². The van der Waals surface area contributed by atoms with Gasteiger partial charge in [-0.2, -0.15) is 0 Å². The molecule has 124 valence electrons. The van der Waals surface area contributed by atoms with Crippen molar-refractivity contribution in [3.05, 3.63) is 78.5 Å². The molecule has 3 aromatic heterocycles. The minimum atomic E-state index is -0.190. The third kappa shape index (κ3) is 3.01. The summed E-state index contributed by atoms with van der Waals surface area (Å²) in [7, 11) is 1.67. The molecule has 4 rings (SSSR count). The van der Waals surface area contributed by atoms with Gasteiger partial charge in [0.05, 0.1) is 18.8 Å². The molecule has 25 heavy (non-hydrogen) atoms. The lowest BCUT2D eigenvalue weighted by Gasteiger charge is -2.18. The quantitative estimate of drug-likeness (QED) is 0.585. The molecule has 0 aliphatic heterocycles. The van der Waals surface area contributed by atoms with Crippen molar-refractivity contribution in [1.82, 2.24) is 19.9 Å². The zero-order valence-corrected chi connectivity index (χ0v) is 13.7. The highest BCUT2D eigenvalue weighted by Crippen LogP contribution is 2.32. The Hall–Kier alpha value is -3.41. The average molecular weight is 331 g/mol. The zero-order valence-electron chi connectivity index (χ0n) is 13.7. The lowest BCUT2D eigenvalue weighted by molar-refractivity contribution is 0.415. The molecule has 0 bridgehead atoms. The number of aromatic amines is 1. The van der Waals surface area contributed by atoms with Crippen LogP contribution >= 0.6 is 0 Å². The second-order valence-corrected chi connectivity index (χ2v) is 5.56. The number of nitrogens with one attached hydrogen (secondary N) is 2. The van der Waals surface area contributed by atoms with Crippen LogP contribution in [0.15, 0.2) is 67.3 Å². The molecule has 6 heteroatoms. The van der Waals surface area contributed by atoms with E-state index in [9.17, 15) is 0 Å². The molecule has 1 atom stereocenters. The highest BCUT2D eigenvalue weighted by molar-refractivity contribution is 5.85. The molecule has 2 N–H and O–H groups in total. The van der Waals surface area contributed by atoms with Crippen molar-refractivity contribution in [1.29, 1.82) is 0 Å². The minimum Gasteiger partial charge on any atom is -0.497 e. The number of methoxy groups -OCH3 is 1. The number of anilines is 1. The molecular formula is C19H17N5O. The molecule has 0 saturated carbocycles. The Morgan fingerprint density at radius 1 is 1.00 bits per heavy atom. The van der Waals surface area contributed by atoms with Gasteiger partial charge in [0.15, 0.2) is 0 Å². The van der Waals surface area contributed by atoms with Crippen LogP contribution in [-0.4, -0.2) is 27.0 Å². The van der Waals surface area contributed by atoms with Crippen LogP contribution in [0.4, 0.5) is 5.95 Å². The van der Waals surface area contributed by atoms with E-state index in [1.807, 2.05) is 42.6 Å². The molecule has 4 aromatic rings. The molecule has 0 aliphatic carbocycles. The van der Waals surface area contributed by atoms with E-state index in [1.165, 1.54) is 0 Å². The molecule has 0 spiro atoms. The number of hydrogen-bond acceptors (Lipinski definition) is 5. The molecule has 0 amide bonds. The summed E-state index contributed by atoms with van der Waals surface area (Å²) >= 11 is 0. The van der Waals surface area contributed by atoms with Crippen LogP contribution in [0, 0.1) is 0 Å². The van der Waals surface area contributed by atoms with E-state index < -0.39 is 0 Å². The summed E-state index contributed by atoms with van der Waals surface area (Å²) in [6, 6.07) is 13.4. The Kier molecular flexibility index (Phi) is 4.00. The molecule has 0 fully saturated rings. The van der Waals surface area contributed by atoms with Gasteiger partial charge in [-0.05, 0) is 36.4 Å². The largest absolute Gasteiger partial charge is 0.497 e. The van der Waals surface area contributed by atoms with Crippen LogP contribution in [0.2, 0.25) is 0 Å². The van der Waals surface area contributed by atoms with Crippen LogP contribution in [-0.2, 0) is 0 Å². The van der Waals surface area contributed by atoms with Crippen molar-refractivity contribution < 1.29 is 4.74 Å². The number of H-pyrrole nitrogens is 1. The maximum absolute atomic E-state index is 5.38. The maximum Gasteiger partial charge on any atom is 0.223 e. The van der Waals surface area contributed by atoms with Gasteiger partial charge in [-0.15, -0.1) is 0 Å². The fourth-order valence-electron chi connectivity index (χ4n) is 2.85. The molecule has 6 nitrogen and oxygen atoms in total. The van der Waals surface area contributed by atoms with E-state index in [0.29, 0.717) is 5.95 Å². The van der Waals surface area contributed by atoms with Crippen molar-refractivity contribution in [2.45, 2.75) is 6.04 Å². The van der Waals surface area contributed by atoms with Gasteiger partial charge in [0, 0.05) is 41.3 Å². The zero-order chi connectivity index (χ0) is 17.1. The average Bonchev–Trinajstić information content (AvgIpc) is 3.10. The van der Waals surface area contributed by atoms with Gasteiger partial charge in [-0.3, -0.25) is 4.98 Å². The molecule has 0 saturated heterocycles. The highest BCUT2D eigenvalue weighted by atomic mass is 16.5. The first-order valence-electron chi connectivity index (χ1n) is 7.94. The minimum absolute atomic E-state index is 0.190. The van der Waals surface area contributed by atoms with Gasteiger partial charge in [-0.25, -0.2) is 9.97 Å². The fourth-order valence-corrected chi connectivity index (χ4v) is 2.85. The van der Waals surface area contributed by atoms with Gasteiger partial charge in [0.2, 0.25) is 5.95 Å². The number of pyridine rings is 1. The van der Waals surface area contributed by atoms with Crippen molar-refractivity contribution in [3.63, 3.8) is 0 Å². The van der Waals surface area contributed by atoms with Crippen molar-refractivity contribution in [2.75, 3.05) is 12.4 Å². The predicted octanol–water partition coefficient (Wildman–Crippen LogP) is 3.56. The smallest absolute Gasteiger partial charge is 0.223 e. The number of aromatic nitrogens is 4. The van der Waals surface area contributed by atoms with E-state index in [2.05, 4.69) is 25.3 Å². The van der Waals surface area contributed by atoms with Crippen LogP contribution in [0.25, 0.3) is 10.9 Å². The number of benzene rings is 1. The number of fused-ring (bicyclic) bond motifs is 1. The Morgan fingerprint density at radius 2 is 1.84 bits per heavy atom. The van der Waals surface area contributed by atoms with Crippen molar-refractivity contribution in [2.24, 2.45) is 0 Å². The summed E-state index contributed by atoms with van der Waals surface area (Å²) in [4.78, 5) is 16.4. The predicted molar refractivity (Wildman–Crippen MR) is 96.6 cm³/mol. The van der Waals surface area contributed by atoms with E-state index in [1.54, 1.807) is 31.8 Å². The van der Waals surface area contributed by atoms with E-state index in [-0.39, 0.29) is 6.04 Å². The van der Waals surface area contributed by atoms with Crippen LogP contribution in [0.5, 0.6) is 5.75 Å². The van der Waals surface area contributed by atoms with E-state index in [0.717, 1.165) is 27.9 Å². The monoisotopic (exact) mass is 331 g/mol. The first-order chi connectivity index (χ1) is 12.3. The van der Waals surface area contributed by atoms with Gasteiger partial charge in [0.25, 0.3) is 0 Å². The van der Waals surface area contributed by atoms with Crippen molar-refractivity contribution >= 4 is 16.9 Å². The van der Waals surface area contributed by atoms with Crippen LogP contribution in [0.3, 0.4) is 0 Å². The second kappa shape index (κ2) is 6.60. The molecule has 0 radical (unpaired) electrons. The first kappa shape index (κ1) is 15.1. The number of nitrogens with zero attached hydrogens (tertiary/aromatic N) is 3. The molecule has 3 heterocycles. The molecule has 0 aliphatic rings. The Labute approximate surface area is 144 Å². The molecule has 1 aromatic carbocycles. The molecular weight excluding hydrogens is 314 g/mol. The number of hydrogen-bond donors (Lipinski definition) is 2. The van der Waals surface area contributed by atoms with Gasteiger partial charge >= 0.3 is 0 Å². The van der Waals surface area contributed by atoms with Gasteiger partial charge in [-0.1, -0.05) is 6.07 Å². The lowest BCUT2D eigenvalue weighted by Crippen LogP contribution is -2.15. The van der Waals surface area contributed by atoms with E-state index >= 15 is 0 Å². The summed E-state index contributed by atoms with van der Waals surface area (Å²) in [5, 5.41) is 4.45. The summed E-state index contributed by atoms with van der Waals surface area (Å²) in [5.41, 5.74) is 2.98. The SMILES string of the molecule is COc1ccc2[nH]cc(C(Nc3ncccn3)c3ccccn3)c2c1. The highest BCUT2D eigenvalue weighted by Gasteiger charge is 2.20. The van der Waals surface area contributed by atoms with Crippen molar-refractivity contribution in [3.8, 4) is 5.75 Å². The Morgan fingerprint density at radius 3 is 2.60 bits per heavy atom.